The predicted octanol–water partition coefficient (Wildman–Crippen LogP) is 3.35. The Balaban J connectivity index is 1.92. The van der Waals surface area contributed by atoms with Crippen molar-refractivity contribution in [1.82, 2.24) is 5.32 Å². The van der Waals surface area contributed by atoms with Crippen LogP contribution in [0, 0.1) is 0 Å². The molecule has 134 valence electrons. The van der Waals surface area contributed by atoms with Crippen LogP contribution in [0.4, 0.5) is 0 Å². The van der Waals surface area contributed by atoms with E-state index < -0.39 is 0 Å². The van der Waals surface area contributed by atoms with Crippen molar-refractivity contribution in [3.05, 3.63) is 53.6 Å². The summed E-state index contributed by atoms with van der Waals surface area (Å²) >= 11 is 0. The normalized spacial score (nSPS) is 10.2. The molecule has 5 nitrogen and oxygen atoms in total. The lowest BCUT2D eigenvalue weighted by Crippen LogP contribution is -2.24. The Kier molecular flexibility index (Phi) is 7.14. The monoisotopic (exact) mass is 343 g/mol. The first-order valence-electron chi connectivity index (χ1n) is 8.44. The molecule has 0 fully saturated rings. The predicted molar refractivity (Wildman–Crippen MR) is 97.3 cm³/mol. The zero-order valence-corrected chi connectivity index (χ0v) is 15.0. The van der Waals surface area contributed by atoms with Gasteiger partial charge in [0.05, 0.1) is 26.7 Å². The van der Waals surface area contributed by atoms with Gasteiger partial charge in [-0.3, -0.25) is 4.79 Å². The summed E-state index contributed by atoms with van der Waals surface area (Å²) in [7, 11) is 1.62. The largest absolute Gasteiger partial charge is 0.497 e. The molecule has 0 saturated heterocycles. The first kappa shape index (κ1) is 18.6. The maximum atomic E-state index is 12.1. The molecular formula is C20H25NO4. The van der Waals surface area contributed by atoms with E-state index in [1.54, 1.807) is 7.11 Å². The standard InChI is InChI=1S/C20H25NO4/c1-4-24-18-11-8-16(12-19(18)25-5-2)14-21-20(22)13-15-6-9-17(23-3)10-7-15/h6-12H,4-5,13-14H2,1-3H3,(H,21,22). The van der Waals surface area contributed by atoms with Crippen molar-refractivity contribution < 1.29 is 19.0 Å². The molecule has 0 atom stereocenters. The van der Waals surface area contributed by atoms with Crippen LogP contribution in [0.2, 0.25) is 0 Å². The van der Waals surface area contributed by atoms with Crippen LogP contribution in [0.15, 0.2) is 42.5 Å². The molecule has 0 heterocycles. The highest BCUT2D eigenvalue weighted by Gasteiger charge is 2.08. The number of methoxy groups -OCH3 is 1. The smallest absolute Gasteiger partial charge is 0.224 e. The molecule has 0 aliphatic carbocycles. The molecule has 0 aromatic heterocycles. The summed E-state index contributed by atoms with van der Waals surface area (Å²) in [5.41, 5.74) is 1.91. The van der Waals surface area contributed by atoms with Crippen molar-refractivity contribution in [2.45, 2.75) is 26.8 Å². The van der Waals surface area contributed by atoms with Crippen LogP contribution < -0.4 is 19.5 Å². The molecule has 0 bridgehead atoms. The lowest BCUT2D eigenvalue weighted by molar-refractivity contribution is -0.120. The van der Waals surface area contributed by atoms with Crippen LogP contribution in [-0.4, -0.2) is 26.2 Å². The SMILES string of the molecule is CCOc1ccc(CNC(=O)Cc2ccc(OC)cc2)cc1OCC. The molecule has 0 aliphatic rings. The Morgan fingerprint density at radius 2 is 1.56 bits per heavy atom. The average molecular weight is 343 g/mol. The van der Waals surface area contributed by atoms with E-state index in [-0.39, 0.29) is 5.91 Å². The molecule has 0 spiro atoms. The third-order valence-electron chi connectivity index (χ3n) is 3.62. The zero-order valence-electron chi connectivity index (χ0n) is 15.0. The van der Waals surface area contributed by atoms with Gasteiger partial charge in [-0.05, 0) is 49.2 Å². The Hall–Kier alpha value is -2.69. The van der Waals surface area contributed by atoms with Crippen molar-refractivity contribution in [3.8, 4) is 17.2 Å². The third kappa shape index (κ3) is 5.71. The summed E-state index contributed by atoms with van der Waals surface area (Å²) < 4.78 is 16.3. The van der Waals surface area contributed by atoms with Crippen molar-refractivity contribution in [2.75, 3.05) is 20.3 Å². The van der Waals surface area contributed by atoms with Gasteiger partial charge in [0, 0.05) is 6.54 Å². The van der Waals surface area contributed by atoms with Crippen LogP contribution in [-0.2, 0) is 17.8 Å². The molecule has 0 unspecified atom stereocenters. The van der Waals surface area contributed by atoms with Crippen LogP contribution >= 0.6 is 0 Å². The first-order valence-corrected chi connectivity index (χ1v) is 8.44. The maximum absolute atomic E-state index is 12.1. The fraction of sp³-hybridized carbons (Fsp3) is 0.350. The molecule has 25 heavy (non-hydrogen) atoms. The lowest BCUT2D eigenvalue weighted by atomic mass is 10.1. The van der Waals surface area contributed by atoms with Gasteiger partial charge in [-0.25, -0.2) is 0 Å². The Bertz CT molecular complexity index is 683. The first-order chi connectivity index (χ1) is 12.2. The zero-order chi connectivity index (χ0) is 18.1. The second-order valence-electron chi connectivity index (χ2n) is 5.45. The number of carbonyl (C=O) groups excluding carboxylic acids is 1. The van der Waals surface area contributed by atoms with Crippen molar-refractivity contribution in [2.24, 2.45) is 0 Å². The highest BCUT2D eigenvalue weighted by Crippen LogP contribution is 2.28. The van der Waals surface area contributed by atoms with Gasteiger partial charge in [0.2, 0.25) is 5.91 Å². The van der Waals surface area contributed by atoms with E-state index in [0.29, 0.717) is 31.9 Å². The molecule has 2 aromatic rings. The van der Waals surface area contributed by atoms with Crippen LogP contribution in [0.3, 0.4) is 0 Å². The van der Waals surface area contributed by atoms with Gasteiger partial charge in [0.25, 0.3) is 0 Å². The number of rotatable bonds is 9. The molecule has 1 N–H and O–H groups in total. The quantitative estimate of drug-likeness (QED) is 0.759. The van der Waals surface area contributed by atoms with Crippen molar-refractivity contribution in [3.63, 3.8) is 0 Å². The maximum Gasteiger partial charge on any atom is 0.224 e. The summed E-state index contributed by atoms with van der Waals surface area (Å²) in [6.45, 7) is 5.45. The van der Waals surface area contributed by atoms with Gasteiger partial charge >= 0.3 is 0 Å². The molecule has 0 radical (unpaired) electrons. The molecular weight excluding hydrogens is 318 g/mol. The summed E-state index contributed by atoms with van der Waals surface area (Å²) in [5.74, 6) is 2.17. The van der Waals surface area contributed by atoms with Gasteiger partial charge in [-0.15, -0.1) is 0 Å². The summed E-state index contributed by atoms with van der Waals surface area (Å²) in [5, 5.41) is 2.93. The van der Waals surface area contributed by atoms with E-state index in [1.165, 1.54) is 0 Å². The summed E-state index contributed by atoms with van der Waals surface area (Å²) in [4.78, 5) is 12.1. The lowest BCUT2D eigenvalue weighted by Gasteiger charge is -2.13. The topological polar surface area (TPSA) is 56.8 Å². The van der Waals surface area contributed by atoms with E-state index in [0.717, 1.165) is 22.6 Å². The summed E-state index contributed by atoms with van der Waals surface area (Å²) in [6.07, 6.45) is 0.333. The number of amides is 1. The average Bonchev–Trinajstić information content (AvgIpc) is 2.63. The number of nitrogens with one attached hydrogen (secondary N) is 1. The number of carbonyl (C=O) groups is 1. The molecule has 1 amide bonds. The highest BCUT2D eigenvalue weighted by atomic mass is 16.5. The van der Waals surface area contributed by atoms with Gasteiger partial charge < -0.3 is 19.5 Å². The fourth-order valence-corrected chi connectivity index (χ4v) is 2.40. The minimum absolute atomic E-state index is 0.0305. The number of benzene rings is 2. The van der Waals surface area contributed by atoms with Crippen LogP contribution in [0.1, 0.15) is 25.0 Å². The minimum atomic E-state index is -0.0305. The van der Waals surface area contributed by atoms with Gasteiger partial charge in [0.1, 0.15) is 5.75 Å². The number of hydrogen-bond acceptors (Lipinski definition) is 4. The Morgan fingerprint density at radius 3 is 2.20 bits per heavy atom. The third-order valence-corrected chi connectivity index (χ3v) is 3.62. The van der Waals surface area contributed by atoms with E-state index in [2.05, 4.69) is 5.32 Å². The Labute approximate surface area is 148 Å². The van der Waals surface area contributed by atoms with Crippen LogP contribution in [0.25, 0.3) is 0 Å². The molecule has 2 aromatic carbocycles. The van der Waals surface area contributed by atoms with E-state index in [4.69, 9.17) is 14.2 Å². The van der Waals surface area contributed by atoms with Crippen molar-refractivity contribution >= 4 is 5.91 Å². The van der Waals surface area contributed by atoms with E-state index in [9.17, 15) is 4.79 Å². The second-order valence-corrected chi connectivity index (χ2v) is 5.45. The molecule has 0 aliphatic heterocycles. The Morgan fingerprint density at radius 1 is 0.920 bits per heavy atom. The summed E-state index contributed by atoms with van der Waals surface area (Å²) in [6, 6.07) is 13.2. The van der Waals surface area contributed by atoms with E-state index >= 15 is 0 Å². The van der Waals surface area contributed by atoms with Crippen molar-refractivity contribution in [1.29, 1.82) is 0 Å². The van der Waals surface area contributed by atoms with Gasteiger partial charge in [-0.2, -0.15) is 0 Å². The molecule has 0 saturated carbocycles. The highest BCUT2D eigenvalue weighted by molar-refractivity contribution is 5.78. The van der Waals surface area contributed by atoms with Gasteiger partial charge in [0.15, 0.2) is 11.5 Å². The van der Waals surface area contributed by atoms with E-state index in [1.807, 2.05) is 56.3 Å². The minimum Gasteiger partial charge on any atom is -0.497 e. The number of hydrogen-bond donors (Lipinski definition) is 1. The van der Waals surface area contributed by atoms with Gasteiger partial charge in [-0.1, -0.05) is 18.2 Å². The molecule has 2 rings (SSSR count). The fourth-order valence-electron chi connectivity index (χ4n) is 2.40. The number of ether oxygens (including phenoxy) is 3. The second kappa shape index (κ2) is 9.57. The molecule has 5 heteroatoms. The van der Waals surface area contributed by atoms with Crippen LogP contribution in [0.5, 0.6) is 17.2 Å².